The molecule has 4 rings (SSSR count). The van der Waals surface area contributed by atoms with Crippen molar-refractivity contribution >= 4 is 0 Å². The van der Waals surface area contributed by atoms with Gasteiger partial charge in [-0.1, -0.05) is 12.1 Å². The van der Waals surface area contributed by atoms with Crippen LogP contribution in [0.3, 0.4) is 0 Å². The summed E-state index contributed by atoms with van der Waals surface area (Å²) in [6.45, 7) is -0.572. The topological polar surface area (TPSA) is 149 Å². The van der Waals surface area contributed by atoms with Crippen molar-refractivity contribution in [2.75, 3.05) is 6.61 Å². The van der Waals surface area contributed by atoms with Crippen LogP contribution in [0.25, 0.3) is 0 Å². The van der Waals surface area contributed by atoms with E-state index in [-0.39, 0.29) is 23.4 Å². The first-order valence-corrected chi connectivity index (χ1v) is 9.66. The van der Waals surface area contributed by atoms with Crippen LogP contribution in [-0.4, -0.2) is 68.0 Å². The van der Waals surface area contributed by atoms with E-state index in [0.29, 0.717) is 24.2 Å². The van der Waals surface area contributed by atoms with Crippen molar-refractivity contribution in [3.63, 3.8) is 0 Å². The summed E-state index contributed by atoms with van der Waals surface area (Å²) in [7, 11) is 0. The number of aliphatic hydroxyl groups is 4. The molecule has 162 valence electrons. The molecule has 2 aromatic carbocycles. The molecule has 1 saturated heterocycles. The zero-order valence-corrected chi connectivity index (χ0v) is 16.0. The van der Waals surface area contributed by atoms with Crippen molar-refractivity contribution in [2.45, 2.75) is 49.7 Å². The third kappa shape index (κ3) is 3.90. The Morgan fingerprint density at radius 1 is 0.967 bits per heavy atom. The monoisotopic (exact) mass is 420 g/mol. The summed E-state index contributed by atoms with van der Waals surface area (Å²) in [5, 5.41) is 59.1. The molecular weight excluding hydrogens is 396 g/mol. The molecule has 9 heteroatoms. The predicted molar refractivity (Wildman–Crippen MR) is 102 cm³/mol. The van der Waals surface area contributed by atoms with E-state index in [2.05, 4.69) is 0 Å². The molecule has 30 heavy (non-hydrogen) atoms. The predicted octanol–water partition coefficient (Wildman–Crippen LogP) is 0.343. The van der Waals surface area contributed by atoms with Crippen LogP contribution in [0.4, 0.5) is 0 Å². The maximum absolute atomic E-state index is 10.4. The van der Waals surface area contributed by atoms with Gasteiger partial charge in [0.1, 0.15) is 53.5 Å². The van der Waals surface area contributed by atoms with E-state index in [9.17, 15) is 30.6 Å². The lowest BCUT2D eigenvalue weighted by molar-refractivity contribution is -0.277. The van der Waals surface area contributed by atoms with Gasteiger partial charge >= 0.3 is 0 Å². The first-order chi connectivity index (χ1) is 14.4. The number of hydrogen-bond donors (Lipinski definition) is 6. The van der Waals surface area contributed by atoms with E-state index in [1.54, 1.807) is 30.3 Å². The number of hydrogen-bond acceptors (Lipinski definition) is 9. The third-order valence-corrected chi connectivity index (χ3v) is 5.45. The van der Waals surface area contributed by atoms with Crippen molar-refractivity contribution < 1.29 is 44.8 Å². The molecule has 2 aromatic rings. The highest BCUT2D eigenvalue weighted by molar-refractivity contribution is 5.51. The zero-order valence-electron chi connectivity index (χ0n) is 16.0. The molecule has 0 unspecified atom stereocenters. The Morgan fingerprint density at radius 3 is 2.40 bits per heavy atom. The van der Waals surface area contributed by atoms with Crippen molar-refractivity contribution in [3.8, 4) is 23.0 Å². The van der Waals surface area contributed by atoms with Gasteiger partial charge in [0, 0.05) is 17.7 Å². The summed E-state index contributed by atoms with van der Waals surface area (Å²) in [6, 6.07) is 9.57. The van der Waals surface area contributed by atoms with Gasteiger partial charge in [-0.2, -0.15) is 0 Å². The second-order valence-electron chi connectivity index (χ2n) is 7.47. The highest BCUT2D eigenvalue weighted by Gasteiger charge is 2.44. The van der Waals surface area contributed by atoms with Crippen LogP contribution in [0.1, 0.15) is 23.7 Å². The Kier molecular flexibility index (Phi) is 5.72. The number of fused-ring (bicyclic) bond motifs is 1. The van der Waals surface area contributed by atoms with Crippen molar-refractivity contribution in [1.29, 1.82) is 0 Å². The van der Waals surface area contributed by atoms with Crippen LogP contribution in [0.15, 0.2) is 36.4 Å². The zero-order chi connectivity index (χ0) is 21.4. The van der Waals surface area contributed by atoms with Crippen molar-refractivity contribution in [3.05, 3.63) is 47.5 Å². The van der Waals surface area contributed by atoms with E-state index in [1.165, 1.54) is 6.07 Å². The first-order valence-electron chi connectivity index (χ1n) is 9.66. The van der Waals surface area contributed by atoms with Crippen LogP contribution < -0.4 is 9.47 Å². The highest BCUT2D eigenvalue weighted by Crippen LogP contribution is 2.42. The summed E-state index contributed by atoms with van der Waals surface area (Å²) >= 11 is 0. The number of phenols is 2. The lowest BCUT2D eigenvalue weighted by Gasteiger charge is -2.39. The van der Waals surface area contributed by atoms with E-state index < -0.39 is 37.3 Å². The smallest absolute Gasteiger partial charge is 0.229 e. The average molecular weight is 420 g/mol. The molecule has 6 N–H and O–H groups in total. The van der Waals surface area contributed by atoms with Gasteiger partial charge in [0.05, 0.1) is 6.61 Å². The molecule has 0 bridgehead atoms. The molecule has 0 spiro atoms. The molecule has 1 fully saturated rings. The summed E-state index contributed by atoms with van der Waals surface area (Å²) in [4.78, 5) is 0. The van der Waals surface area contributed by atoms with Crippen molar-refractivity contribution in [1.82, 2.24) is 0 Å². The summed E-state index contributed by atoms with van der Waals surface area (Å²) in [6.07, 6.45) is -6.17. The van der Waals surface area contributed by atoms with Gasteiger partial charge in [0.25, 0.3) is 0 Å². The van der Waals surface area contributed by atoms with Crippen LogP contribution in [0.5, 0.6) is 23.0 Å². The lowest BCUT2D eigenvalue weighted by Crippen LogP contribution is -2.60. The van der Waals surface area contributed by atoms with Gasteiger partial charge in [-0.05, 0) is 30.5 Å². The molecule has 0 aromatic heterocycles. The van der Waals surface area contributed by atoms with Crippen LogP contribution in [0, 0.1) is 0 Å². The van der Waals surface area contributed by atoms with Crippen LogP contribution >= 0.6 is 0 Å². The maximum atomic E-state index is 10.4. The molecule has 6 atom stereocenters. The maximum Gasteiger partial charge on any atom is 0.229 e. The van der Waals surface area contributed by atoms with Gasteiger partial charge in [0.15, 0.2) is 0 Å². The number of benzene rings is 2. The molecule has 9 nitrogen and oxygen atoms in total. The van der Waals surface area contributed by atoms with Crippen molar-refractivity contribution in [2.24, 2.45) is 0 Å². The highest BCUT2D eigenvalue weighted by atomic mass is 16.7. The van der Waals surface area contributed by atoms with E-state index in [4.69, 9.17) is 14.2 Å². The molecule has 2 aliphatic rings. The lowest BCUT2D eigenvalue weighted by atomic mass is 9.96. The summed E-state index contributed by atoms with van der Waals surface area (Å²) in [5.41, 5.74) is 1.49. The molecular formula is C21H24O9. The fourth-order valence-electron chi connectivity index (χ4n) is 3.74. The number of ether oxygens (including phenoxy) is 3. The fraction of sp³-hybridized carbons (Fsp3) is 0.429. The number of rotatable bonds is 4. The van der Waals surface area contributed by atoms with Crippen LogP contribution in [0.2, 0.25) is 0 Å². The second-order valence-corrected chi connectivity index (χ2v) is 7.47. The Morgan fingerprint density at radius 2 is 1.70 bits per heavy atom. The normalized spacial score (nSPS) is 30.9. The fourth-order valence-corrected chi connectivity index (χ4v) is 3.74. The van der Waals surface area contributed by atoms with Gasteiger partial charge in [0.2, 0.25) is 6.29 Å². The number of phenolic OH excluding ortho intramolecular Hbond substituents is 2. The Balaban J connectivity index is 1.54. The Hall–Kier alpha value is -2.56. The van der Waals surface area contributed by atoms with Gasteiger partial charge < -0.3 is 44.8 Å². The van der Waals surface area contributed by atoms with Gasteiger partial charge in [-0.15, -0.1) is 0 Å². The molecule has 0 radical (unpaired) electrons. The first kappa shape index (κ1) is 20.7. The molecule has 0 saturated carbocycles. The minimum atomic E-state index is -1.57. The van der Waals surface area contributed by atoms with E-state index >= 15 is 0 Å². The molecule has 2 aliphatic heterocycles. The van der Waals surface area contributed by atoms with Gasteiger partial charge in [-0.3, -0.25) is 0 Å². The van der Waals surface area contributed by atoms with Crippen LogP contribution in [-0.2, 0) is 11.2 Å². The molecule has 0 aliphatic carbocycles. The SMILES string of the molecule is OC[C@H]1O[C@@H](Oc2cc(O)c3c(c2)O[C@H](c2ccc(O)cc2)CC3)[C@H](O)[C@@H](O)[C@@H]1O. The Labute approximate surface area is 172 Å². The summed E-state index contributed by atoms with van der Waals surface area (Å²) in [5.74, 6) is 0.639. The molecule has 2 heterocycles. The number of aromatic hydroxyl groups is 2. The van der Waals surface area contributed by atoms with E-state index in [0.717, 1.165) is 5.56 Å². The third-order valence-electron chi connectivity index (χ3n) is 5.45. The average Bonchev–Trinajstić information content (AvgIpc) is 2.74. The standard InChI is InChI=1S/C21H24O9/c22-9-17-18(25)19(26)20(27)21(30-17)28-12-7-14(24)13-5-6-15(29-16(13)8-12)10-1-3-11(23)4-2-10/h1-4,7-8,15,17-27H,5-6,9H2/t15-,17+,18+,19-,20+,21+/m0/s1. The summed E-state index contributed by atoms with van der Waals surface area (Å²) < 4.78 is 17.0. The molecule has 0 amide bonds. The Bertz CT molecular complexity index is 883. The number of aliphatic hydroxyl groups excluding tert-OH is 4. The second kappa shape index (κ2) is 8.29. The van der Waals surface area contributed by atoms with Gasteiger partial charge in [-0.25, -0.2) is 0 Å². The minimum Gasteiger partial charge on any atom is -0.508 e. The largest absolute Gasteiger partial charge is 0.508 e. The van der Waals surface area contributed by atoms with E-state index in [1.807, 2.05) is 0 Å². The quantitative estimate of drug-likeness (QED) is 0.412. The minimum absolute atomic E-state index is 0.0451.